The van der Waals surface area contributed by atoms with E-state index in [0.717, 1.165) is 43.4 Å². The van der Waals surface area contributed by atoms with Crippen LogP contribution in [0, 0.1) is 0 Å². The number of aliphatic hydroxyl groups is 1. The van der Waals surface area contributed by atoms with Crippen LogP contribution in [0.5, 0.6) is 0 Å². The Kier molecular flexibility index (Phi) is 7.59. The minimum atomic E-state index is -0.453. The monoisotopic (exact) mass is 350 g/mol. The third-order valence-corrected chi connectivity index (χ3v) is 5.21. The summed E-state index contributed by atoms with van der Waals surface area (Å²) in [5.41, 5.74) is 0.716. The first kappa shape index (κ1) is 18.8. The highest BCUT2D eigenvalue weighted by Crippen LogP contribution is 2.27. The predicted octanol–water partition coefficient (Wildman–Crippen LogP) is 2.94. The van der Waals surface area contributed by atoms with Crippen LogP contribution in [0.3, 0.4) is 0 Å². The molecule has 1 aromatic carbocycles. The third-order valence-electron chi connectivity index (χ3n) is 4.13. The van der Waals surface area contributed by atoms with E-state index >= 15 is 0 Å². The topological polar surface area (TPSA) is 78.4 Å². The van der Waals surface area contributed by atoms with Crippen molar-refractivity contribution in [1.29, 1.82) is 0 Å². The van der Waals surface area contributed by atoms with Gasteiger partial charge in [-0.05, 0) is 25.0 Å². The van der Waals surface area contributed by atoms with E-state index in [9.17, 15) is 14.7 Å². The van der Waals surface area contributed by atoms with Crippen molar-refractivity contribution in [2.75, 3.05) is 11.1 Å². The summed E-state index contributed by atoms with van der Waals surface area (Å²) in [4.78, 5) is 24.3. The van der Waals surface area contributed by atoms with Crippen LogP contribution in [0.2, 0.25) is 0 Å². The van der Waals surface area contributed by atoms with Crippen molar-refractivity contribution >= 4 is 29.3 Å². The Morgan fingerprint density at radius 1 is 1.17 bits per heavy atom. The summed E-state index contributed by atoms with van der Waals surface area (Å²) in [5.74, 6) is 0.0483. The lowest BCUT2D eigenvalue weighted by Gasteiger charge is -2.26. The van der Waals surface area contributed by atoms with Gasteiger partial charge in [-0.1, -0.05) is 37.8 Å². The fourth-order valence-electron chi connectivity index (χ4n) is 2.91. The number of anilines is 1. The molecular formula is C18H26N2O3S. The third kappa shape index (κ3) is 6.17. The summed E-state index contributed by atoms with van der Waals surface area (Å²) >= 11 is 1.39. The lowest BCUT2D eigenvalue weighted by molar-refractivity contribution is -0.120. The molecule has 0 saturated heterocycles. The molecule has 1 aromatic rings. The molecule has 0 aromatic heterocycles. The first-order valence-corrected chi connectivity index (χ1v) is 9.51. The van der Waals surface area contributed by atoms with Gasteiger partial charge in [0.15, 0.2) is 0 Å². The lowest BCUT2D eigenvalue weighted by atomic mass is 9.94. The van der Waals surface area contributed by atoms with Gasteiger partial charge in [-0.2, -0.15) is 0 Å². The van der Waals surface area contributed by atoms with E-state index in [4.69, 9.17) is 0 Å². The molecule has 0 unspecified atom stereocenters. The van der Waals surface area contributed by atoms with Crippen LogP contribution in [-0.2, 0) is 9.59 Å². The minimum absolute atomic E-state index is 0.0812. The zero-order valence-corrected chi connectivity index (χ0v) is 14.9. The molecule has 5 nitrogen and oxygen atoms in total. The van der Waals surface area contributed by atoms with Crippen molar-refractivity contribution < 1.29 is 14.7 Å². The molecular weight excluding hydrogens is 324 g/mol. The largest absolute Gasteiger partial charge is 0.391 e. The van der Waals surface area contributed by atoms with E-state index in [1.54, 1.807) is 0 Å². The van der Waals surface area contributed by atoms with Gasteiger partial charge >= 0.3 is 0 Å². The summed E-state index contributed by atoms with van der Waals surface area (Å²) in [6.07, 6.45) is 5.52. The maximum atomic E-state index is 12.2. The molecule has 0 radical (unpaired) electrons. The SMILES string of the molecule is CC(=O)Nc1ccccc1SCC(=O)N[C@H]1CCCCCC[C@@H]1O. The molecule has 0 spiro atoms. The van der Waals surface area contributed by atoms with Gasteiger partial charge in [0.25, 0.3) is 0 Å². The molecule has 1 aliphatic carbocycles. The number of hydrogen-bond acceptors (Lipinski definition) is 4. The molecule has 6 heteroatoms. The zero-order valence-electron chi connectivity index (χ0n) is 14.1. The Hall–Kier alpha value is -1.53. The number of amides is 2. The highest BCUT2D eigenvalue weighted by molar-refractivity contribution is 8.00. The van der Waals surface area contributed by atoms with E-state index in [0.29, 0.717) is 5.69 Å². The molecule has 0 aliphatic heterocycles. The lowest BCUT2D eigenvalue weighted by Crippen LogP contribution is -2.44. The number of hydrogen-bond donors (Lipinski definition) is 3. The van der Waals surface area contributed by atoms with Gasteiger partial charge in [-0.25, -0.2) is 0 Å². The highest BCUT2D eigenvalue weighted by atomic mass is 32.2. The Balaban J connectivity index is 1.87. The molecule has 1 fully saturated rings. The molecule has 0 bridgehead atoms. The van der Waals surface area contributed by atoms with Crippen LogP contribution in [0.25, 0.3) is 0 Å². The van der Waals surface area contributed by atoms with Crippen LogP contribution in [0.1, 0.15) is 45.4 Å². The standard InChI is InChI=1S/C18H26N2O3S/c1-13(21)19-15-9-6-7-11-17(15)24-12-18(23)20-14-8-4-2-3-5-10-16(14)22/h6-7,9,11,14,16,22H,2-5,8,10,12H2,1H3,(H,19,21)(H,20,23)/t14-,16-/m0/s1. The Bertz CT molecular complexity index is 565. The van der Waals surface area contributed by atoms with E-state index in [2.05, 4.69) is 10.6 Å². The van der Waals surface area contributed by atoms with E-state index in [-0.39, 0.29) is 23.6 Å². The number of para-hydroxylation sites is 1. The zero-order chi connectivity index (χ0) is 17.4. The van der Waals surface area contributed by atoms with Gasteiger partial charge in [-0.15, -0.1) is 11.8 Å². The number of aliphatic hydroxyl groups excluding tert-OH is 1. The highest BCUT2D eigenvalue weighted by Gasteiger charge is 2.22. The van der Waals surface area contributed by atoms with E-state index in [1.165, 1.54) is 18.7 Å². The smallest absolute Gasteiger partial charge is 0.230 e. The van der Waals surface area contributed by atoms with Crippen LogP contribution in [0.4, 0.5) is 5.69 Å². The Morgan fingerprint density at radius 3 is 2.62 bits per heavy atom. The number of benzene rings is 1. The second kappa shape index (κ2) is 9.69. The summed E-state index contributed by atoms with van der Waals surface area (Å²) < 4.78 is 0. The molecule has 2 amide bonds. The Morgan fingerprint density at radius 2 is 1.88 bits per heavy atom. The van der Waals surface area contributed by atoms with Crippen molar-refractivity contribution in [3.63, 3.8) is 0 Å². The predicted molar refractivity (Wildman–Crippen MR) is 97.1 cm³/mol. The second-order valence-electron chi connectivity index (χ2n) is 6.20. The first-order valence-electron chi connectivity index (χ1n) is 8.53. The van der Waals surface area contributed by atoms with Crippen molar-refractivity contribution in [1.82, 2.24) is 5.32 Å². The van der Waals surface area contributed by atoms with E-state index in [1.807, 2.05) is 24.3 Å². The summed E-state index contributed by atoms with van der Waals surface area (Å²) in [5, 5.41) is 15.9. The fourth-order valence-corrected chi connectivity index (χ4v) is 3.73. The number of rotatable bonds is 5. The molecule has 1 saturated carbocycles. The molecule has 24 heavy (non-hydrogen) atoms. The van der Waals surface area contributed by atoms with Crippen molar-refractivity contribution in [3.8, 4) is 0 Å². The summed E-state index contributed by atoms with van der Waals surface area (Å²) in [7, 11) is 0. The molecule has 0 heterocycles. The van der Waals surface area contributed by atoms with Crippen LogP contribution in [0.15, 0.2) is 29.2 Å². The Labute approximate surface area is 147 Å². The minimum Gasteiger partial charge on any atom is -0.391 e. The van der Waals surface area contributed by atoms with Gasteiger partial charge in [0, 0.05) is 11.8 Å². The van der Waals surface area contributed by atoms with Crippen LogP contribution >= 0.6 is 11.8 Å². The molecule has 2 atom stereocenters. The maximum absolute atomic E-state index is 12.2. The van der Waals surface area contributed by atoms with Gasteiger partial charge < -0.3 is 15.7 Å². The van der Waals surface area contributed by atoms with Gasteiger partial charge in [-0.3, -0.25) is 9.59 Å². The first-order chi connectivity index (χ1) is 11.6. The average molecular weight is 350 g/mol. The molecule has 132 valence electrons. The summed E-state index contributed by atoms with van der Waals surface area (Å²) in [6.45, 7) is 1.46. The molecule has 1 aliphatic rings. The maximum Gasteiger partial charge on any atom is 0.230 e. The second-order valence-corrected chi connectivity index (χ2v) is 7.22. The quantitative estimate of drug-likeness (QED) is 0.714. The van der Waals surface area contributed by atoms with Crippen LogP contribution < -0.4 is 10.6 Å². The average Bonchev–Trinajstić information content (AvgIpc) is 2.53. The number of carbonyl (C=O) groups is 2. The van der Waals surface area contributed by atoms with Gasteiger partial charge in [0.2, 0.25) is 11.8 Å². The number of thioether (sulfide) groups is 1. The normalized spacial score (nSPS) is 21.4. The molecule has 2 rings (SSSR count). The van der Waals surface area contributed by atoms with Gasteiger partial charge in [0.05, 0.1) is 23.6 Å². The van der Waals surface area contributed by atoms with Crippen molar-refractivity contribution in [2.24, 2.45) is 0 Å². The van der Waals surface area contributed by atoms with E-state index < -0.39 is 6.10 Å². The van der Waals surface area contributed by atoms with Crippen molar-refractivity contribution in [3.05, 3.63) is 24.3 Å². The van der Waals surface area contributed by atoms with Gasteiger partial charge in [0.1, 0.15) is 0 Å². The fraction of sp³-hybridized carbons (Fsp3) is 0.556. The number of nitrogens with one attached hydrogen (secondary N) is 2. The number of carbonyl (C=O) groups excluding carboxylic acids is 2. The van der Waals surface area contributed by atoms with Crippen molar-refractivity contribution in [2.45, 2.75) is 62.5 Å². The summed E-state index contributed by atoms with van der Waals surface area (Å²) in [6, 6.07) is 7.28. The van der Waals surface area contributed by atoms with Crippen LogP contribution in [-0.4, -0.2) is 34.8 Å². The molecule has 3 N–H and O–H groups in total.